The van der Waals surface area contributed by atoms with Crippen molar-refractivity contribution in [2.45, 2.75) is 26.5 Å². The Morgan fingerprint density at radius 1 is 1.28 bits per heavy atom. The number of carbonyl (C=O) groups excluding carboxylic acids is 1. The molecule has 0 radical (unpaired) electrons. The predicted molar refractivity (Wildman–Crippen MR) is 93.2 cm³/mol. The fourth-order valence-electron chi connectivity index (χ4n) is 2.64. The van der Waals surface area contributed by atoms with Crippen LogP contribution in [0.2, 0.25) is 0 Å². The molecular weight excluding hydrogens is 318 g/mol. The van der Waals surface area contributed by atoms with Gasteiger partial charge in [-0.05, 0) is 49.7 Å². The molecule has 0 saturated carbocycles. The molecule has 1 aromatic carbocycles. The summed E-state index contributed by atoms with van der Waals surface area (Å²) in [6, 6.07) is 12.8. The Morgan fingerprint density at radius 2 is 2.04 bits per heavy atom. The lowest BCUT2D eigenvalue weighted by molar-refractivity contribution is 0.0901. The van der Waals surface area contributed by atoms with Crippen molar-refractivity contribution in [1.82, 2.24) is 15.1 Å². The van der Waals surface area contributed by atoms with E-state index in [9.17, 15) is 9.90 Å². The van der Waals surface area contributed by atoms with Gasteiger partial charge in [-0.15, -0.1) is 0 Å². The second-order valence-corrected chi connectivity index (χ2v) is 6.02. The number of nitrogens with one attached hydrogen (secondary N) is 1. The van der Waals surface area contributed by atoms with Crippen molar-refractivity contribution >= 4 is 5.91 Å². The molecule has 1 unspecified atom stereocenters. The molecule has 3 aromatic rings. The van der Waals surface area contributed by atoms with Crippen molar-refractivity contribution in [1.29, 1.82) is 0 Å². The molecule has 6 heteroatoms. The Hall–Kier alpha value is -2.86. The van der Waals surface area contributed by atoms with Gasteiger partial charge in [-0.1, -0.05) is 12.1 Å². The maximum Gasteiger partial charge on any atom is 0.251 e. The van der Waals surface area contributed by atoms with Gasteiger partial charge in [0.15, 0.2) is 0 Å². The zero-order chi connectivity index (χ0) is 17.8. The highest BCUT2D eigenvalue weighted by Gasteiger charge is 2.13. The fraction of sp³-hybridized carbons (Fsp3) is 0.263. The summed E-state index contributed by atoms with van der Waals surface area (Å²) in [6.45, 7) is 4.75. The number of benzene rings is 1. The van der Waals surface area contributed by atoms with Gasteiger partial charge in [0, 0.05) is 11.3 Å². The minimum absolute atomic E-state index is 0.0971. The van der Waals surface area contributed by atoms with Gasteiger partial charge in [-0.3, -0.25) is 9.48 Å². The van der Waals surface area contributed by atoms with Crippen LogP contribution in [0.15, 0.2) is 53.1 Å². The standard InChI is InChI=1S/C19H21N3O3/c1-13-10-14(2)22(21-13)12-15-5-7-16(8-6-15)19(24)20-11-17(23)18-4-3-9-25-18/h3-10,17,23H,11-12H2,1-2H3,(H,20,24). The molecule has 3 rings (SSSR count). The zero-order valence-corrected chi connectivity index (χ0v) is 14.3. The van der Waals surface area contributed by atoms with Crippen molar-refractivity contribution in [3.8, 4) is 0 Å². The largest absolute Gasteiger partial charge is 0.467 e. The lowest BCUT2D eigenvalue weighted by atomic mass is 10.1. The first-order chi connectivity index (χ1) is 12.0. The molecule has 0 aliphatic carbocycles. The van der Waals surface area contributed by atoms with Crippen LogP contribution in [0, 0.1) is 13.8 Å². The molecule has 1 amide bonds. The van der Waals surface area contributed by atoms with Gasteiger partial charge in [-0.25, -0.2) is 0 Å². The van der Waals surface area contributed by atoms with Crippen LogP contribution in [0.3, 0.4) is 0 Å². The number of carbonyl (C=O) groups is 1. The molecule has 0 bridgehead atoms. The van der Waals surface area contributed by atoms with Crippen LogP contribution < -0.4 is 5.32 Å². The molecule has 2 heterocycles. The zero-order valence-electron chi connectivity index (χ0n) is 14.3. The Kier molecular flexibility index (Phi) is 5.00. The molecule has 0 saturated heterocycles. The van der Waals surface area contributed by atoms with Crippen LogP contribution in [-0.2, 0) is 6.54 Å². The minimum atomic E-state index is -0.857. The van der Waals surface area contributed by atoms with Gasteiger partial charge >= 0.3 is 0 Å². The smallest absolute Gasteiger partial charge is 0.251 e. The number of aromatic nitrogens is 2. The molecule has 0 fully saturated rings. The van der Waals surface area contributed by atoms with Crippen molar-refractivity contribution in [2.75, 3.05) is 6.54 Å². The monoisotopic (exact) mass is 339 g/mol. The molecular formula is C19H21N3O3. The van der Waals surface area contributed by atoms with E-state index in [4.69, 9.17) is 4.42 Å². The number of rotatable bonds is 6. The summed E-state index contributed by atoms with van der Waals surface area (Å²) in [4.78, 5) is 12.2. The molecule has 2 N–H and O–H groups in total. The van der Waals surface area contributed by atoms with E-state index in [2.05, 4.69) is 10.4 Å². The molecule has 0 aliphatic heterocycles. The van der Waals surface area contributed by atoms with E-state index in [1.54, 1.807) is 24.3 Å². The number of aliphatic hydroxyl groups excluding tert-OH is 1. The Labute approximate surface area is 146 Å². The van der Waals surface area contributed by atoms with E-state index in [0.29, 0.717) is 17.9 Å². The normalized spacial score (nSPS) is 12.1. The molecule has 25 heavy (non-hydrogen) atoms. The molecule has 0 spiro atoms. The fourth-order valence-corrected chi connectivity index (χ4v) is 2.64. The van der Waals surface area contributed by atoms with E-state index in [-0.39, 0.29) is 12.5 Å². The highest BCUT2D eigenvalue weighted by molar-refractivity contribution is 5.94. The van der Waals surface area contributed by atoms with Gasteiger partial charge in [-0.2, -0.15) is 5.10 Å². The third-order valence-corrected chi connectivity index (χ3v) is 3.98. The Morgan fingerprint density at radius 3 is 2.64 bits per heavy atom. The number of nitrogens with zero attached hydrogens (tertiary/aromatic N) is 2. The SMILES string of the molecule is Cc1cc(C)n(Cc2ccc(C(=O)NCC(O)c3ccco3)cc2)n1. The maximum atomic E-state index is 12.2. The van der Waals surface area contributed by atoms with Crippen molar-refractivity contribution in [2.24, 2.45) is 0 Å². The third kappa shape index (κ3) is 4.16. The van der Waals surface area contributed by atoms with Gasteiger partial charge in [0.05, 0.1) is 25.0 Å². The number of amides is 1. The third-order valence-electron chi connectivity index (χ3n) is 3.98. The highest BCUT2D eigenvalue weighted by atomic mass is 16.4. The van der Waals surface area contributed by atoms with Gasteiger partial charge in [0.2, 0.25) is 0 Å². The second-order valence-electron chi connectivity index (χ2n) is 6.02. The molecule has 2 aromatic heterocycles. The number of aliphatic hydroxyl groups is 1. The summed E-state index contributed by atoms with van der Waals surface area (Å²) in [7, 11) is 0. The van der Waals surface area contributed by atoms with Crippen LogP contribution >= 0.6 is 0 Å². The average molecular weight is 339 g/mol. The lowest BCUT2D eigenvalue weighted by Crippen LogP contribution is -2.28. The van der Waals surface area contributed by atoms with Crippen LogP contribution in [0.4, 0.5) is 0 Å². The summed E-state index contributed by atoms with van der Waals surface area (Å²) in [5, 5.41) is 17.1. The first-order valence-electron chi connectivity index (χ1n) is 8.12. The number of furan rings is 1. The number of hydrogen-bond donors (Lipinski definition) is 2. The van der Waals surface area contributed by atoms with Crippen LogP contribution in [0.5, 0.6) is 0 Å². The summed E-state index contributed by atoms with van der Waals surface area (Å²) in [5.41, 5.74) is 3.71. The molecule has 130 valence electrons. The summed E-state index contributed by atoms with van der Waals surface area (Å²) < 4.78 is 7.04. The van der Waals surface area contributed by atoms with Crippen LogP contribution in [0.25, 0.3) is 0 Å². The second kappa shape index (κ2) is 7.36. The summed E-state index contributed by atoms with van der Waals surface area (Å²) >= 11 is 0. The van der Waals surface area contributed by atoms with E-state index >= 15 is 0 Å². The molecule has 6 nitrogen and oxygen atoms in total. The van der Waals surface area contributed by atoms with E-state index in [1.165, 1.54) is 6.26 Å². The van der Waals surface area contributed by atoms with Gasteiger partial charge in [0.25, 0.3) is 5.91 Å². The first-order valence-corrected chi connectivity index (χ1v) is 8.12. The summed E-state index contributed by atoms with van der Waals surface area (Å²) in [5.74, 6) is 0.198. The number of hydrogen-bond acceptors (Lipinski definition) is 4. The van der Waals surface area contributed by atoms with Crippen molar-refractivity contribution < 1.29 is 14.3 Å². The van der Waals surface area contributed by atoms with Gasteiger partial charge in [0.1, 0.15) is 11.9 Å². The predicted octanol–water partition coefficient (Wildman–Crippen LogP) is 2.60. The average Bonchev–Trinajstić information content (AvgIpc) is 3.23. The Bertz CT molecular complexity index is 835. The van der Waals surface area contributed by atoms with Crippen molar-refractivity contribution in [3.63, 3.8) is 0 Å². The minimum Gasteiger partial charge on any atom is -0.467 e. The topological polar surface area (TPSA) is 80.3 Å². The van der Waals surface area contributed by atoms with Gasteiger partial charge < -0.3 is 14.8 Å². The number of aryl methyl sites for hydroxylation is 2. The lowest BCUT2D eigenvalue weighted by Gasteiger charge is -2.10. The summed E-state index contributed by atoms with van der Waals surface area (Å²) in [6.07, 6.45) is 0.631. The van der Waals surface area contributed by atoms with E-state index in [1.807, 2.05) is 36.7 Å². The quantitative estimate of drug-likeness (QED) is 0.723. The first kappa shape index (κ1) is 17.0. The van der Waals surface area contributed by atoms with E-state index in [0.717, 1.165) is 17.0 Å². The molecule has 0 aliphatic rings. The van der Waals surface area contributed by atoms with Crippen molar-refractivity contribution in [3.05, 3.63) is 77.0 Å². The van der Waals surface area contributed by atoms with E-state index < -0.39 is 6.10 Å². The Balaban J connectivity index is 1.58. The maximum absolute atomic E-state index is 12.2. The van der Waals surface area contributed by atoms with Crippen LogP contribution in [0.1, 0.15) is 39.2 Å². The highest BCUT2D eigenvalue weighted by Crippen LogP contribution is 2.13. The molecule has 1 atom stereocenters. The van der Waals surface area contributed by atoms with Crippen LogP contribution in [-0.4, -0.2) is 27.3 Å².